The second-order valence-corrected chi connectivity index (χ2v) is 5.80. The lowest BCUT2D eigenvalue weighted by Crippen LogP contribution is -2.22. The zero-order valence-corrected chi connectivity index (χ0v) is 10.6. The second-order valence-electron chi connectivity index (χ2n) is 5.80. The maximum absolute atomic E-state index is 2.48. The highest BCUT2D eigenvalue weighted by molar-refractivity contribution is 4.77. The Morgan fingerprint density at radius 2 is 1.93 bits per heavy atom. The molecule has 3 unspecified atom stereocenters. The van der Waals surface area contributed by atoms with Gasteiger partial charge in [0.2, 0.25) is 0 Å². The Kier molecular flexibility index (Phi) is 4.98. The minimum Gasteiger partial charge on any atom is -0.0651 e. The van der Waals surface area contributed by atoms with Crippen molar-refractivity contribution in [2.45, 2.75) is 66.2 Å². The molecule has 1 aliphatic rings. The quantitative estimate of drug-likeness (QED) is 0.601. The third kappa shape index (κ3) is 3.63. The molecule has 0 N–H and O–H groups in total. The van der Waals surface area contributed by atoms with Crippen molar-refractivity contribution < 1.29 is 0 Å². The van der Waals surface area contributed by atoms with E-state index in [2.05, 4.69) is 27.7 Å². The van der Waals surface area contributed by atoms with Crippen LogP contribution < -0.4 is 0 Å². The average molecular weight is 196 g/mol. The third-order valence-corrected chi connectivity index (χ3v) is 4.15. The first kappa shape index (κ1) is 12.1. The standard InChI is InChI=1S/C14H28/c1-5-13-7-9-14(12(4)10-13)8-6-11(2)3/h11-14H,5-10H2,1-4H3. The highest BCUT2D eigenvalue weighted by atomic mass is 14.3. The highest BCUT2D eigenvalue weighted by Gasteiger charge is 2.26. The zero-order valence-electron chi connectivity index (χ0n) is 10.6. The minimum absolute atomic E-state index is 0.895. The molecule has 1 rings (SSSR count). The van der Waals surface area contributed by atoms with Gasteiger partial charge >= 0.3 is 0 Å². The second kappa shape index (κ2) is 5.78. The number of hydrogen-bond acceptors (Lipinski definition) is 0. The molecule has 1 saturated carbocycles. The van der Waals surface area contributed by atoms with E-state index in [1.807, 2.05) is 0 Å². The monoisotopic (exact) mass is 196 g/mol. The Morgan fingerprint density at radius 3 is 2.43 bits per heavy atom. The van der Waals surface area contributed by atoms with E-state index in [0.29, 0.717) is 0 Å². The van der Waals surface area contributed by atoms with Gasteiger partial charge in [-0.15, -0.1) is 0 Å². The molecule has 0 aliphatic heterocycles. The lowest BCUT2D eigenvalue weighted by Gasteiger charge is -2.34. The van der Waals surface area contributed by atoms with Crippen molar-refractivity contribution in [2.24, 2.45) is 23.7 Å². The van der Waals surface area contributed by atoms with Gasteiger partial charge in [-0.1, -0.05) is 47.0 Å². The van der Waals surface area contributed by atoms with Gasteiger partial charge in [0, 0.05) is 0 Å². The summed E-state index contributed by atoms with van der Waals surface area (Å²) in [6.45, 7) is 9.53. The van der Waals surface area contributed by atoms with Crippen molar-refractivity contribution in [3.63, 3.8) is 0 Å². The van der Waals surface area contributed by atoms with Gasteiger partial charge in [0.15, 0.2) is 0 Å². The molecule has 14 heavy (non-hydrogen) atoms. The smallest absolute Gasteiger partial charge is 0.0388 e. The van der Waals surface area contributed by atoms with Crippen LogP contribution in [0.5, 0.6) is 0 Å². The van der Waals surface area contributed by atoms with Gasteiger partial charge in [-0.2, -0.15) is 0 Å². The lowest BCUT2D eigenvalue weighted by atomic mass is 9.72. The average Bonchev–Trinajstić information content (AvgIpc) is 2.15. The van der Waals surface area contributed by atoms with Crippen LogP contribution in [0, 0.1) is 23.7 Å². The molecule has 0 heteroatoms. The predicted molar refractivity (Wildman–Crippen MR) is 64.4 cm³/mol. The number of rotatable bonds is 4. The molecule has 0 radical (unpaired) electrons. The van der Waals surface area contributed by atoms with Crippen molar-refractivity contribution in [3.8, 4) is 0 Å². The van der Waals surface area contributed by atoms with Crippen LogP contribution in [0.15, 0.2) is 0 Å². The molecule has 1 aliphatic carbocycles. The molecule has 0 aromatic rings. The van der Waals surface area contributed by atoms with Gasteiger partial charge in [-0.05, 0) is 42.9 Å². The van der Waals surface area contributed by atoms with Crippen LogP contribution in [0.3, 0.4) is 0 Å². The van der Waals surface area contributed by atoms with Gasteiger partial charge < -0.3 is 0 Å². The Hall–Kier alpha value is 0. The Morgan fingerprint density at radius 1 is 1.21 bits per heavy atom. The van der Waals surface area contributed by atoms with Crippen LogP contribution in [-0.4, -0.2) is 0 Å². The van der Waals surface area contributed by atoms with E-state index >= 15 is 0 Å². The largest absolute Gasteiger partial charge is 0.0651 e. The molecule has 3 atom stereocenters. The molecule has 0 amide bonds. The highest BCUT2D eigenvalue weighted by Crippen LogP contribution is 2.37. The van der Waals surface area contributed by atoms with Gasteiger partial charge in [-0.3, -0.25) is 0 Å². The van der Waals surface area contributed by atoms with E-state index in [9.17, 15) is 0 Å². The van der Waals surface area contributed by atoms with Crippen LogP contribution in [0.4, 0.5) is 0 Å². The molecule has 0 aromatic heterocycles. The van der Waals surface area contributed by atoms with Crippen LogP contribution in [0.2, 0.25) is 0 Å². The summed E-state index contributed by atoms with van der Waals surface area (Å²) in [6, 6.07) is 0. The van der Waals surface area contributed by atoms with Gasteiger partial charge in [0.25, 0.3) is 0 Å². The van der Waals surface area contributed by atoms with E-state index < -0.39 is 0 Å². The van der Waals surface area contributed by atoms with Crippen molar-refractivity contribution >= 4 is 0 Å². The molecule has 0 heterocycles. The first-order chi connectivity index (χ1) is 6.63. The maximum atomic E-state index is 2.48. The Balaban J connectivity index is 2.27. The number of hydrogen-bond donors (Lipinski definition) is 0. The first-order valence-electron chi connectivity index (χ1n) is 6.63. The van der Waals surface area contributed by atoms with Crippen LogP contribution in [0.1, 0.15) is 66.2 Å². The molecule has 0 spiro atoms. The molecular weight excluding hydrogens is 168 g/mol. The molecule has 1 fully saturated rings. The fourth-order valence-electron chi connectivity index (χ4n) is 2.92. The molecule has 0 saturated heterocycles. The van der Waals surface area contributed by atoms with E-state index in [0.717, 1.165) is 23.7 Å². The van der Waals surface area contributed by atoms with E-state index in [1.54, 1.807) is 0 Å². The topological polar surface area (TPSA) is 0 Å². The van der Waals surface area contributed by atoms with Crippen molar-refractivity contribution in [3.05, 3.63) is 0 Å². The Bertz CT molecular complexity index is 148. The lowest BCUT2D eigenvalue weighted by molar-refractivity contribution is 0.174. The molecule has 0 bridgehead atoms. The summed E-state index contributed by atoms with van der Waals surface area (Å²) in [5, 5.41) is 0. The summed E-state index contributed by atoms with van der Waals surface area (Å²) >= 11 is 0. The van der Waals surface area contributed by atoms with E-state index in [4.69, 9.17) is 0 Å². The van der Waals surface area contributed by atoms with Crippen molar-refractivity contribution in [1.29, 1.82) is 0 Å². The van der Waals surface area contributed by atoms with E-state index in [1.165, 1.54) is 38.5 Å². The van der Waals surface area contributed by atoms with Crippen molar-refractivity contribution in [2.75, 3.05) is 0 Å². The summed E-state index contributed by atoms with van der Waals surface area (Å²) in [5.74, 6) is 3.97. The fraction of sp³-hybridized carbons (Fsp3) is 1.00. The van der Waals surface area contributed by atoms with Crippen LogP contribution in [-0.2, 0) is 0 Å². The summed E-state index contributed by atoms with van der Waals surface area (Å²) in [4.78, 5) is 0. The summed E-state index contributed by atoms with van der Waals surface area (Å²) in [7, 11) is 0. The molecular formula is C14H28. The van der Waals surface area contributed by atoms with Gasteiger partial charge in [0.05, 0.1) is 0 Å². The van der Waals surface area contributed by atoms with Crippen LogP contribution >= 0.6 is 0 Å². The summed E-state index contributed by atoms with van der Waals surface area (Å²) < 4.78 is 0. The predicted octanol–water partition coefficient (Wildman–Crippen LogP) is 4.89. The summed E-state index contributed by atoms with van der Waals surface area (Å²) in [5.41, 5.74) is 0. The minimum atomic E-state index is 0.895. The molecule has 0 nitrogen and oxygen atoms in total. The third-order valence-electron chi connectivity index (χ3n) is 4.15. The normalized spacial score (nSPS) is 33.6. The Labute approximate surface area is 90.5 Å². The molecule has 0 aromatic carbocycles. The van der Waals surface area contributed by atoms with Gasteiger partial charge in [-0.25, -0.2) is 0 Å². The zero-order chi connectivity index (χ0) is 10.6. The molecule has 84 valence electrons. The van der Waals surface area contributed by atoms with Gasteiger partial charge in [0.1, 0.15) is 0 Å². The van der Waals surface area contributed by atoms with Crippen molar-refractivity contribution in [1.82, 2.24) is 0 Å². The van der Waals surface area contributed by atoms with E-state index in [-0.39, 0.29) is 0 Å². The summed E-state index contributed by atoms with van der Waals surface area (Å²) in [6.07, 6.45) is 8.83. The van der Waals surface area contributed by atoms with Crippen LogP contribution in [0.25, 0.3) is 0 Å². The SMILES string of the molecule is CCC1CCC(CCC(C)C)C(C)C1. The fourth-order valence-corrected chi connectivity index (χ4v) is 2.92. The first-order valence-corrected chi connectivity index (χ1v) is 6.63. The maximum Gasteiger partial charge on any atom is -0.0388 e.